The Hall–Kier alpha value is -5.59. The van der Waals surface area contributed by atoms with E-state index in [1.165, 1.54) is 36.9 Å². The van der Waals surface area contributed by atoms with Crippen LogP contribution in [0.3, 0.4) is 0 Å². The van der Waals surface area contributed by atoms with Crippen molar-refractivity contribution in [2.45, 2.75) is 75.4 Å². The number of carbonyl (C=O) groups is 3. The Morgan fingerprint density at radius 2 is 1.80 bits per heavy atom. The molecule has 15 nitrogen and oxygen atoms in total. The molecular formula is C37H41F4N11O4. The van der Waals surface area contributed by atoms with Gasteiger partial charge in [0.25, 0.3) is 12.3 Å². The van der Waals surface area contributed by atoms with Gasteiger partial charge in [0, 0.05) is 38.6 Å². The van der Waals surface area contributed by atoms with E-state index < -0.39 is 60.0 Å². The van der Waals surface area contributed by atoms with E-state index in [1.807, 2.05) is 0 Å². The molecule has 296 valence electrons. The van der Waals surface area contributed by atoms with Crippen molar-refractivity contribution in [2.75, 3.05) is 36.9 Å². The average molecular weight is 780 g/mol. The van der Waals surface area contributed by atoms with E-state index >= 15 is 8.78 Å². The van der Waals surface area contributed by atoms with Crippen molar-refractivity contribution in [3.63, 3.8) is 0 Å². The minimum atomic E-state index is -2.92. The number of rotatable bonds is 9. The van der Waals surface area contributed by atoms with E-state index in [0.29, 0.717) is 48.9 Å². The van der Waals surface area contributed by atoms with E-state index in [0.717, 1.165) is 0 Å². The van der Waals surface area contributed by atoms with Gasteiger partial charge in [-0.3, -0.25) is 38.4 Å². The van der Waals surface area contributed by atoms with Crippen LogP contribution in [0.15, 0.2) is 53.8 Å². The van der Waals surface area contributed by atoms with E-state index in [4.69, 9.17) is 0 Å². The molecule has 0 spiro atoms. The average Bonchev–Trinajstić information content (AvgIpc) is 3.86. The van der Waals surface area contributed by atoms with Crippen LogP contribution in [0.25, 0.3) is 16.7 Å². The van der Waals surface area contributed by atoms with Gasteiger partial charge in [0.2, 0.25) is 11.8 Å². The summed E-state index contributed by atoms with van der Waals surface area (Å²) in [7, 11) is 3.27. The molecule has 5 aromatic rings. The molecule has 4 aromatic heterocycles. The van der Waals surface area contributed by atoms with Gasteiger partial charge in [-0.25, -0.2) is 31.9 Å². The number of anilines is 2. The molecule has 19 heteroatoms. The molecule has 56 heavy (non-hydrogen) atoms. The lowest BCUT2D eigenvalue weighted by atomic mass is 9.85. The zero-order valence-corrected chi connectivity index (χ0v) is 30.7. The van der Waals surface area contributed by atoms with Crippen molar-refractivity contribution in [3.8, 4) is 0 Å². The van der Waals surface area contributed by atoms with Crippen LogP contribution in [0.4, 0.5) is 28.9 Å². The fraction of sp³-hybridized carbons (Fsp3) is 0.486. The maximum absolute atomic E-state index is 16.1. The fourth-order valence-electron chi connectivity index (χ4n) is 8.74. The van der Waals surface area contributed by atoms with Crippen LogP contribution in [-0.4, -0.2) is 101 Å². The molecular weight excluding hydrogens is 738 g/mol. The number of amides is 3. The van der Waals surface area contributed by atoms with Gasteiger partial charge in [-0.05, 0) is 63.3 Å². The summed E-state index contributed by atoms with van der Waals surface area (Å²) in [5.74, 6) is -1.50. The van der Waals surface area contributed by atoms with E-state index in [-0.39, 0.29) is 54.8 Å². The first-order valence-electron chi connectivity index (χ1n) is 18.6. The zero-order chi connectivity index (χ0) is 39.4. The number of hydrogen-bond donors (Lipinski definition) is 2. The molecule has 1 saturated carbocycles. The molecule has 0 bridgehead atoms. The molecule has 3 amide bonds. The molecule has 2 N–H and O–H groups in total. The summed E-state index contributed by atoms with van der Waals surface area (Å²) in [6, 6.07) is 4.63. The predicted molar refractivity (Wildman–Crippen MR) is 196 cm³/mol. The summed E-state index contributed by atoms with van der Waals surface area (Å²) in [6.07, 6.45) is 2.64. The molecule has 3 fully saturated rings. The monoisotopic (exact) mass is 779 g/mol. The van der Waals surface area contributed by atoms with Gasteiger partial charge in [0.1, 0.15) is 23.9 Å². The molecule has 8 rings (SSSR count). The van der Waals surface area contributed by atoms with Crippen molar-refractivity contribution in [3.05, 3.63) is 70.8 Å². The number of alkyl halides is 4. The minimum Gasteiger partial charge on any atom is -0.364 e. The third kappa shape index (κ3) is 6.70. The van der Waals surface area contributed by atoms with Crippen molar-refractivity contribution >= 4 is 45.8 Å². The highest BCUT2D eigenvalue weighted by molar-refractivity contribution is 6.08. The number of fused-ring (bicyclic) bond motifs is 2. The molecule has 3 unspecified atom stereocenters. The Morgan fingerprint density at radius 3 is 2.52 bits per heavy atom. The van der Waals surface area contributed by atoms with E-state index in [2.05, 4.69) is 25.8 Å². The largest absolute Gasteiger partial charge is 0.364 e. The lowest BCUT2D eigenvalue weighted by Gasteiger charge is -2.43. The molecule has 1 aromatic carbocycles. The molecule has 2 saturated heterocycles. The number of carbonyl (C=O) groups excluding carboxylic acids is 3. The number of halogens is 4. The number of para-hydroxylation sites is 1. The summed E-state index contributed by atoms with van der Waals surface area (Å²) in [5, 5.41) is 13.1. The summed E-state index contributed by atoms with van der Waals surface area (Å²) >= 11 is 0. The third-order valence-corrected chi connectivity index (χ3v) is 11.5. The maximum atomic E-state index is 16.1. The maximum Gasteiger partial charge on any atom is 0.329 e. The first-order valence-corrected chi connectivity index (χ1v) is 18.6. The number of aryl methyl sites for hydroxylation is 1. The Labute approximate surface area is 317 Å². The van der Waals surface area contributed by atoms with Crippen molar-refractivity contribution in [1.29, 1.82) is 0 Å². The van der Waals surface area contributed by atoms with Gasteiger partial charge in [-0.15, -0.1) is 0 Å². The molecule has 1 aliphatic carbocycles. The lowest BCUT2D eigenvalue weighted by Crippen LogP contribution is -2.59. The highest BCUT2D eigenvalue weighted by atomic mass is 19.3. The Kier molecular flexibility index (Phi) is 9.88. The van der Waals surface area contributed by atoms with Crippen LogP contribution in [-0.2, 0) is 16.6 Å². The molecule has 6 heterocycles. The second-order valence-corrected chi connectivity index (χ2v) is 15.0. The van der Waals surface area contributed by atoms with Gasteiger partial charge in [-0.1, -0.05) is 6.07 Å². The fourth-order valence-corrected chi connectivity index (χ4v) is 8.74. The van der Waals surface area contributed by atoms with Crippen LogP contribution in [0.5, 0.6) is 0 Å². The quantitative estimate of drug-likeness (QED) is 0.167. The van der Waals surface area contributed by atoms with Crippen molar-refractivity contribution in [2.24, 2.45) is 13.0 Å². The highest BCUT2D eigenvalue weighted by Crippen LogP contribution is 2.37. The summed E-state index contributed by atoms with van der Waals surface area (Å²) in [6.45, 7) is 0.211. The second-order valence-electron chi connectivity index (χ2n) is 15.0. The topological polar surface area (TPSA) is 157 Å². The van der Waals surface area contributed by atoms with Gasteiger partial charge < -0.3 is 10.2 Å². The standard InChI is InChI=1S/C37H41F4N11O4/c1-47(16-20-7-9-21(10-8-20)51-19-25(30(46-51)33(40)41)44-35(54)22-15-43-50-14-4-13-42-34(22)50)31-23(38)17-49(18-24(31)39)26-5-3-6-27-32(26)48(2)37(56)52(27)28-11-12-29(53)45-36(28)55/h3-6,13-15,19-21,23-24,28,31,33H,7-12,16-18H2,1-2H3,(H,44,54)(H,45,53,55)/t20-,21-,23?,24?,28?,31?. The third-order valence-electron chi connectivity index (χ3n) is 11.5. The SMILES string of the molecule is CN(C[C@H]1CC[C@H](n2cc(NC(=O)c3cnn4cccnc34)c(C(F)F)n2)CC1)C1C(F)CN(c2cccc3c2n(C)c(=O)n3C2CCC(=O)NC2=O)CC1F. The Balaban J connectivity index is 0.902. The number of benzene rings is 1. The number of aromatic nitrogens is 7. The normalized spacial score (nSPS) is 24.8. The van der Waals surface area contributed by atoms with Gasteiger partial charge >= 0.3 is 5.69 Å². The van der Waals surface area contributed by atoms with Gasteiger partial charge in [0.05, 0.1) is 53.8 Å². The predicted octanol–water partition coefficient (Wildman–Crippen LogP) is 3.97. The second kappa shape index (κ2) is 14.8. The summed E-state index contributed by atoms with van der Waals surface area (Å²) in [5.41, 5.74) is 0.674. The number of hydrogen-bond acceptors (Lipinski definition) is 9. The van der Waals surface area contributed by atoms with E-state index in [9.17, 15) is 28.0 Å². The number of nitrogens with zero attached hydrogens (tertiary/aromatic N) is 9. The van der Waals surface area contributed by atoms with Crippen LogP contribution in [0.1, 0.15) is 73.1 Å². The first-order chi connectivity index (χ1) is 26.9. The van der Waals surface area contributed by atoms with E-state index in [1.54, 1.807) is 54.4 Å². The van der Waals surface area contributed by atoms with Crippen molar-refractivity contribution < 1.29 is 31.9 Å². The van der Waals surface area contributed by atoms with Crippen LogP contribution < -0.4 is 21.2 Å². The van der Waals surface area contributed by atoms with Crippen LogP contribution in [0.2, 0.25) is 0 Å². The molecule has 3 aliphatic rings. The number of imide groups is 1. The molecule has 2 aliphatic heterocycles. The van der Waals surface area contributed by atoms with Gasteiger partial charge in [-0.2, -0.15) is 10.2 Å². The van der Waals surface area contributed by atoms with Crippen LogP contribution >= 0.6 is 0 Å². The Bertz CT molecular complexity index is 2350. The lowest BCUT2D eigenvalue weighted by molar-refractivity contribution is -0.135. The Morgan fingerprint density at radius 1 is 1.05 bits per heavy atom. The van der Waals surface area contributed by atoms with Crippen molar-refractivity contribution in [1.82, 2.24) is 43.7 Å². The zero-order valence-electron chi connectivity index (χ0n) is 30.7. The first kappa shape index (κ1) is 37.3. The number of piperidine rings is 2. The van der Waals surface area contributed by atoms with Gasteiger partial charge in [0.15, 0.2) is 11.3 Å². The van der Waals surface area contributed by atoms with Crippen LogP contribution in [0, 0.1) is 5.92 Å². The minimum absolute atomic E-state index is 0.0906. The number of imidazole rings is 1. The molecule has 3 atom stereocenters. The highest BCUT2D eigenvalue weighted by Gasteiger charge is 2.42. The summed E-state index contributed by atoms with van der Waals surface area (Å²) in [4.78, 5) is 58.3. The summed E-state index contributed by atoms with van der Waals surface area (Å²) < 4.78 is 65.8. The number of nitrogens with one attached hydrogen (secondary N) is 2. The smallest absolute Gasteiger partial charge is 0.329 e. The molecule has 0 radical (unpaired) electrons.